The van der Waals surface area contributed by atoms with Crippen LogP contribution in [0, 0.1) is 18.8 Å². The number of carbonyl (C=O) groups excluding carboxylic acids is 1. The molecule has 1 heterocycles. The molecule has 0 saturated heterocycles. The van der Waals surface area contributed by atoms with Gasteiger partial charge in [-0.15, -0.1) is 0 Å². The van der Waals surface area contributed by atoms with Crippen molar-refractivity contribution in [2.45, 2.75) is 13.5 Å². The minimum Gasteiger partial charge on any atom is -0.348 e. The van der Waals surface area contributed by atoms with Crippen LogP contribution in [0.25, 0.3) is 0 Å². The van der Waals surface area contributed by atoms with E-state index in [1.165, 1.54) is 0 Å². The maximum atomic E-state index is 12.1. The van der Waals surface area contributed by atoms with Crippen molar-refractivity contribution < 1.29 is 4.79 Å². The Morgan fingerprint density at radius 1 is 1.48 bits per heavy atom. The third-order valence-electron chi connectivity index (χ3n) is 3.03. The third-order valence-corrected chi connectivity index (χ3v) is 3.03. The molecule has 0 unspecified atom stereocenters. The molecule has 1 amide bonds. The fraction of sp³-hybridized carbons (Fsp3) is 0.250. The molecule has 1 aromatic carbocycles. The SMILES string of the molecule is Cc1cc(C(=O)NCc2cnn(C)c2)ccc1C#CCN. The van der Waals surface area contributed by atoms with Crippen LogP contribution in [0.4, 0.5) is 0 Å². The molecule has 5 heteroatoms. The molecule has 2 aromatic rings. The van der Waals surface area contributed by atoms with Crippen LogP contribution in [0.2, 0.25) is 0 Å². The van der Waals surface area contributed by atoms with Crippen LogP contribution in [0.15, 0.2) is 30.6 Å². The van der Waals surface area contributed by atoms with Gasteiger partial charge in [0.15, 0.2) is 0 Å². The van der Waals surface area contributed by atoms with E-state index in [9.17, 15) is 4.79 Å². The highest BCUT2D eigenvalue weighted by atomic mass is 16.1. The van der Waals surface area contributed by atoms with E-state index < -0.39 is 0 Å². The average Bonchev–Trinajstić information content (AvgIpc) is 2.89. The van der Waals surface area contributed by atoms with Crippen LogP contribution in [0.3, 0.4) is 0 Å². The van der Waals surface area contributed by atoms with E-state index in [1.54, 1.807) is 16.9 Å². The van der Waals surface area contributed by atoms with Crippen LogP contribution in [-0.2, 0) is 13.6 Å². The molecule has 108 valence electrons. The molecule has 0 radical (unpaired) electrons. The van der Waals surface area contributed by atoms with Gasteiger partial charge in [-0.1, -0.05) is 11.8 Å². The van der Waals surface area contributed by atoms with Crippen LogP contribution in [0.5, 0.6) is 0 Å². The number of aryl methyl sites for hydroxylation is 2. The van der Waals surface area contributed by atoms with Crippen molar-refractivity contribution in [1.82, 2.24) is 15.1 Å². The molecule has 0 saturated carbocycles. The van der Waals surface area contributed by atoms with Gasteiger partial charge in [0.05, 0.1) is 12.7 Å². The van der Waals surface area contributed by atoms with Crippen molar-refractivity contribution in [2.75, 3.05) is 6.54 Å². The van der Waals surface area contributed by atoms with Crippen LogP contribution in [-0.4, -0.2) is 22.2 Å². The van der Waals surface area contributed by atoms with Crippen molar-refractivity contribution in [1.29, 1.82) is 0 Å². The maximum Gasteiger partial charge on any atom is 0.251 e. The molecule has 5 nitrogen and oxygen atoms in total. The van der Waals surface area contributed by atoms with Crippen molar-refractivity contribution >= 4 is 5.91 Å². The number of hydrogen-bond donors (Lipinski definition) is 2. The lowest BCUT2D eigenvalue weighted by molar-refractivity contribution is 0.0951. The van der Waals surface area contributed by atoms with Gasteiger partial charge in [0.1, 0.15) is 0 Å². The van der Waals surface area contributed by atoms with Gasteiger partial charge >= 0.3 is 0 Å². The summed E-state index contributed by atoms with van der Waals surface area (Å²) < 4.78 is 1.70. The quantitative estimate of drug-likeness (QED) is 0.824. The standard InChI is InChI=1S/C16H18N4O/c1-12-8-15(6-5-14(12)4-3-7-17)16(21)18-9-13-10-19-20(2)11-13/h5-6,8,10-11H,7,9,17H2,1-2H3,(H,18,21). The highest BCUT2D eigenvalue weighted by Gasteiger charge is 2.07. The smallest absolute Gasteiger partial charge is 0.251 e. The molecule has 0 fully saturated rings. The van der Waals surface area contributed by atoms with Crippen molar-refractivity contribution in [3.8, 4) is 11.8 Å². The van der Waals surface area contributed by atoms with Gasteiger partial charge < -0.3 is 11.1 Å². The summed E-state index contributed by atoms with van der Waals surface area (Å²) in [5, 5.41) is 6.93. The number of hydrogen-bond acceptors (Lipinski definition) is 3. The second kappa shape index (κ2) is 6.73. The summed E-state index contributed by atoms with van der Waals surface area (Å²) >= 11 is 0. The number of rotatable bonds is 3. The Bertz CT molecular complexity index is 707. The molecule has 1 aromatic heterocycles. The van der Waals surface area contributed by atoms with Crippen LogP contribution in [0.1, 0.15) is 27.0 Å². The van der Waals surface area contributed by atoms with Gasteiger partial charge in [-0.25, -0.2) is 0 Å². The van der Waals surface area contributed by atoms with Crippen molar-refractivity contribution in [3.63, 3.8) is 0 Å². The number of nitrogens with one attached hydrogen (secondary N) is 1. The molecule has 0 aliphatic heterocycles. The maximum absolute atomic E-state index is 12.1. The number of carbonyl (C=O) groups is 1. The monoisotopic (exact) mass is 282 g/mol. The Kier molecular flexibility index (Phi) is 4.75. The fourth-order valence-electron chi connectivity index (χ4n) is 1.94. The first kappa shape index (κ1) is 14.8. The lowest BCUT2D eigenvalue weighted by atomic mass is 10.0. The van der Waals surface area contributed by atoms with Gasteiger partial charge in [-0.2, -0.15) is 5.10 Å². The largest absolute Gasteiger partial charge is 0.348 e. The average molecular weight is 282 g/mol. The first-order valence-electron chi connectivity index (χ1n) is 6.65. The van der Waals surface area contributed by atoms with E-state index >= 15 is 0 Å². The Morgan fingerprint density at radius 3 is 2.90 bits per heavy atom. The molecule has 2 rings (SSSR count). The zero-order valence-electron chi connectivity index (χ0n) is 12.2. The second-order valence-electron chi connectivity index (χ2n) is 4.74. The summed E-state index contributed by atoms with van der Waals surface area (Å²) in [6.07, 6.45) is 3.61. The van der Waals surface area contributed by atoms with Crippen LogP contribution < -0.4 is 11.1 Å². The third kappa shape index (κ3) is 3.94. The van der Waals surface area contributed by atoms with E-state index in [4.69, 9.17) is 5.73 Å². The number of nitrogens with two attached hydrogens (primary N) is 1. The first-order valence-corrected chi connectivity index (χ1v) is 6.65. The highest BCUT2D eigenvalue weighted by molar-refractivity contribution is 5.94. The fourth-order valence-corrected chi connectivity index (χ4v) is 1.94. The van der Waals surface area contributed by atoms with E-state index in [0.717, 1.165) is 16.7 Å². The van der Waals surface area contributed by atoms with Crippen molar-refractivity contribution in [3.05, 3.63) is 52.8 Å². The molecule has 0 bridgehead atoms. The summed E-state index contributed by atoms with van der Waals surface area (Å²) in [6, 6.07) is 5.45. The highest BCUT2D eigenvalue weighted by Crippen LogP contribution is 2.10. The van der Waals surface area contributed by atoms with Gasteiger partial charge in [0.25, 0.3) is 5.91 Å². The van der Waals surface area contributed by atoms with Crippen molar-refractivity contribution in [2.24, 2.45) is 12.8 Å². The number of amides is 1. The molecular weight excluding hydrogens is 264 g/mol. The molecule has 3 N–H and O–H groups in total. The molecule has 21 heavy (non-hydrogen) atoms. The lowest BCUT2D eigenvalue weighted by Crippen LogP contribution is -2.22. The van der Waals surface area contributed by atoms with Gasteiger partial charge in [0, 0.05) is 36.5 Å². The summed E-state index contributed by atoms with van der Waals surface area (Å²) in [7, 11) is 1.84. The normalized spacial score (nSPS) is 9.86. The minimum absolute atomic E-state index is 0.111. The molecule has 0 aliphatic rings. The predicted octanol–water partition coefficient (Wildman–Crippen LogP) is 0.969. The lowest BCUT2D eigenvalue weighted by Gasteiger charge is -2.06. The van der Waals surface area contributed by atoms with E-state index in [-0.39, 0.29) is 5.91 Å². The predicted molar refractivity (Wildman–Crippen MR) is 81.5 cm³/mol. The summed E-state index contributed by atoms with van der Waals surface area (Å²) in [5.41, 5.74) is 8.80. The molecule has 0 spiro atoms. The molecule has 0 aliphatic carbocycles. The van der Waals surface area contributed by atoms with E-state index in [1.807, 2.05) is 32.3 Å². The zero-order chi connectivity index (χ0) is 15.2. The van der Waals surface area contributed by atoms with Crippen LogP contribution >= 0.6 is 0 Å². The Hall–Kier alpha value is -2.58. The van der Waals surface area contributed by atoms with Gasteiger partial charge in [-0.3, -0.25) is 9.48 Å². The zero-order valence-corrected chi connectivity index (χ0v) is 12.2. The summed E-state index contributed by atoms with van der Waals surface area (Å²) in [5.74, 6) is 5.68. The second-order valence-corrected chi connectivity index (χ2v) is 4.74. The Labute approximate surface area is 124 Å². The van der Waals surface area contributed by atoms with E-state index in [2.05, 4.69) is 22.3 Å². The Balaban J connectivity index is 2.04. The molecule has 0 atom stereocenters. The summed E-state index contributed by atoms with van der Waals surface area (Å²) in [6.45, 7) is 2.71. The minimum atomic E-state index is -0.111. The number of benzene rings is 1. The first-order chi connectivity index (χ1) is 10.1. The Morgan fingerprint density at radius 2 is 2.29 bits per heavy atom. The van der Waals surface area contributed by atoms with Gasteiger partial charge in [0.2, 0.25) is 0 Å². The number of nitrogens with zero attached hydrogens (tertiary/aromatic N) is 2. The van der Waals surface area contributed by atoms with E-state index in [0.29, 0.717) is 18.7 Å². The van der Waals surface area contributed by atoms with Gasteiger partial charge in [-0.05, 0) is 30.7 Å². The number of aromatic nitrogens is 2. The summed E-state index contributed by atoms with van der Waals surface area (Å²) in [4.78, 5) is 12.1. The topological polar surface area (TPSA) is 72.9 Å². The molecular formula is C16H18N4O.